The Balaban J connectivity index is 1.62. The Morgan fingerprint density at radius 2 is 1.85 bits per heavy atom. The van der Waals surface area contributed by atoms with Crippen molar-refractivity contribution in [1.82, 2.24) is 4.98 Å². The smallest absolute Gasteiger partial charge is 0.387 e. The monoisotopic (exact) mass is 377 g/mol. The van der Waals surface area contributed by atoms with E-state index in [1.54, 1.807) is 12.1 Å². The fourth-order valence-corrected chi connectivity index (χ4v) is 3.00. The zero-order valence-corrected chi connectivity index (χ0v) is 15.1. The molecule has 0 spiro atoms. The standard InChI is InChI=1S/C19H21F2N3O3/c1-12-10-24(11-13(2)26-12)17-8-3-14(9-22-17)18(25)23-15-4-6-16(7-5-15)27-19(20)21/h3-9,12-13,19H,10-11H2,1-2H3,(H,23,25)/t12-,13-/m0/s1. The minimum atomic E-state index is -2.88. The number of hydrogen-bond donors (Lipinski definition) is 1. The number of rotatable bonds is 5. The number of amides is 1. The molecule has 1 aliphatic heterocycles. The lowest BCUT2D eigenvalue weighted by atomic mass is 10.2. The number of pyridine rings is 1. The number of carbonyl (C=O) groups excluding carboxylic acids is 1. The van der Waals surface area contributed by atoms with Crippen LogP contribution in [0.4, 0.5) is 20.3 Å². The number of aromatic nitrogens is 1. The summed E-state index contributed by atoms with van der Waals surface area (Å²) in [4.78, 5) is 18.8. The Bertz CT molecular complexity index is 759. The molecule has 0 saturated carbocycles. The molecular weight excluding hydrogens is 356 g/mol. The highest BCUT2D eigenvalue weighted by molar-refractivity contribution is 6.04. The maximum Gasteiger partial charge on any atom is 0.387 e. The molecule has 1 saturated heterocycles. The van der Waals surface area contributed by atoms with Crippen molar-refractivity contribution in [2.45, 2.75) is 32.7 Å². The molecule has 2 heterocycles. The highest BCUT2D eigenvalue weighted by atomic mass is 19.3. The summed E-state index contributed by atoms with van der Waals surface area (Å²) in [5, 5.41) is 2.70. The number of alkyl halides is 2. The van der Waals surface area contributed by atoms with E-state index in [1.807, 2.05) is 13.8 Å². The van der Waals surface area contributed by atoms with E-state index in [1.165, 1.54) is 30.5 Å². The van der Waals surface area contributed by atoms with Crippen molar-refractivity contribution in [3.63, 3.8) is 0 Å². The molecular formula is C19H21F2N3O3. The van der Waals surface area contributed by atoms with E-state index in [9.17, 15) is 13.6 Å². The maximum absolute atomic E-state index is 12.3. The van der Waals surface area contributed by atoms with Crippen molar-refractivity contribution in [3.8, 4) is 5.75 Å². The topological polar surface area (TPSA) is 63.7 Å². The second-order valence-corrected chi connectivity index (χ2v) is 6.42. The molecule has 1 amide bonds. The molecule has 1 aromatic heterocycles. The third-order valence-electron chi connectivity index (χ3n) is 4.09. The predicted octanol–water partition coefficient (Wildman–Crippen LogP) is 3.55. The van der Waals surface area contributed by atoms with Gasteiger partial charge in [0, 0.05) is 25.0 Å². The van der Waals surface area contributed by atoms with Crippen LogP contribution >= 0.6 is 0 Å². The molecule has 1 aromatic carbocycles. The number of morpholine rings is 1. The first-order chi connectivity index (χ1) is 12.9. The van der Waals surface area contributed by atoms with Gasteiger partial charge in [0.1, 0.15) is 11.6 Å². The zero-order valence-electron chi connectivity index (χ0n) is 15.1. The molecule has 6 nitrogen and oxygen atoms in total. The van der Waals surface area contributed by atoms with Gasteiger partial charge in [-0.2, -0.15) is 8.78 Å². The first kappa shape index (κ1) is 19.0. The summed E-state index contributed by atoms with van der Waals surface area (Å²) in [6, 6.07) is 9.23. The van der Waals surface area contributed by atoms with Gasteiger partial charge in [0.2, 0.25) is 0 Å². The number of carbonyl (C=O) groups is 1. The van der Waals surface area contributed by atoms with E-state index in [4.69, 9.17) is 4.74 Å². The Morgan fingerprint density at radius 1 is 1.19 bits per heavy atom. The maximum atomic E-state index is 12.3. The van der Waals surface area contributed by atoms with Crippen LogP contribution in [0.5, 0.6) is 5.75 Å². The van der Waals surface area contributed by atoms with E-state index in [0.29, 0.717) is 11.3 Å². The lowest BCUT2D eigenvalue weighted by Crippen LogP contribution is -2.45. The molecule has 1 aliphatic rings. The van der Waals surface area contributed by atoms with Crippen molar-refractivity contribution in [3.05, 3.63) is 48.2 Å². The Hall–Kier alpha value is -2.74. The van der Waals surface area contributed by atoms with Crippen molar-refractivity contribution >= 4 is 17.4 Å². The van der Waals surface area contributed by atoms with Crippen LogP contribution in [0.1, 0.15) is 24.2 Å². The fourth-order valence-electron chi connectivity index (χ4n) is 3.00. The van der Waals surface area contributed by atoms with Gasteiger partial charge in [-0.25, -0.2) is 4.98 Å². The quantitative estimate of drug-likeness (QED) is 0.863. The SMILES string of the molecule is C[C@H]1CN(c2ccc(C(=O)Nc3ccc(OC(F)F)cc3)cn2)C[C@H](C)O1. The molecule has 1 N–H and O–H groups in total. The van der Waals surface area contributed by atoms with Crippen LogP contribution < -0.4 is 15.0 Å². The first-order valence-corrected chi connectivity index (χ1v) is 8.63. The van der Waals surface area contributed by atoms with Gasteiger partial charge in [-0.3, -0.25) is 4.79 Å². The lowest BCUT2D eigenvalue weighted by molar-refractivity contribution is -0.0498. The van der Waals surface area contributed by atoms with E-state index < -0.39 is 6.61 Å². The molecule has 27 heavy (non-hydrogen) atoms. The molecule has 8 heteroatoms. The highest BCUT2D eigenvalue weighted by Crippen LogP contribution is 2.20. The van der Waals surface area contributed by atoms with Crippen LogP contribution in [0.3, 0.4) is 0 Å². The summed E-state index contributed by atoms with van der Waals surface area (Å²) in [6.07, 6.45) is 1.76. The van der Waals surface area contributed by atoms with Gasteiger partial charge in [0.25, 0.3) is 5.91 Å². The van der Waals surface area contributed by atoms with Gasteiger partial charge in [0.05, 0.1) is 17.8 Å². The summed E-state index contributed by atoms with van der Waals surface area (Å²) >= 11 is 0. The van der Waals surface area contributed by atoms with Crippen LogP contribution in [-0.4, -0.2) is 42.8 Å². The highest BCUT2D eigenvalue weighted by Gasteiger charge is 2.23. The molecule has 0 radical (unpaired) electrons. The van der Waals surface area contributed by atoms with Crippen LogP contribution in [-0.2, 0) is 4.74 Å². The number of benzene rings is 1. The third-order valence-corrected chi connectivity index (χ3v) is 4.09. The number of nitrogens with zero attached hydrogens (tertiary/aromatic N) is 2. The molecule has 2 atom stereocenters. The summed E-state index contributed by atoms with van der Waals surface area (Å²) in [6.45, 7) is 2.64. The molecule has 0 bridgehead atoms. The number of ether oxygens (including phenoxy) is 2. The van der Waals surface area contributed by atoms with E-state index in [-0.39, 0.29) is 23.9 Å². The van der Waals surface area contributed by atoms with E-state index in [0.717, 1.165) is 18.9 Å². The predicted molar refractivity (Wildman–Crippen MR) is 97.5 cm³/mol. The molecule has 3 rings (SSSR count). The lowest BCUT2D eigenvalue weighted by Gasteiger charge is -2.36. The Morgan fingerprint density at radius 3 is 2.41 bits per heavy atom. The molecule has 0 unspecified atom stereocenters. The molecule has 2 aromatic rings. The Labute approximate surface area is 156 Å². The second kappa shape index (κ2) is 8.30. The second-order valence-electron chi connectivity index (χ2n) is 6.42. The summed E-state index contributed by atoms with van der Waals surface area (Å²) < 4.78 is 34.3. The van der Waals surface area contributed by atoms with Crippen LogP contribution in [0.25, 0.3) is 0 Å². The Kier molecular flexibility index (Phi) is 5.85. The summed E-state index contributed by atoms with van der Waals surface area (Å²) in [5.74, 6) is 0.491. The van der Waals surface area contributed by atoms with E-state index in [2.05, 4.69) is 19.9 Å². The van der Waals surface area contributed by atoms with Crippen molar-refractivity contribution in [2.24, 2.45) is 0 Å². The van der Waals surface area contributed by atoms with Crippen LogP contribution in [0.15, 0.2) is 42.6 Å². The number of anilines is 2. The van der Waals surface area contributed by atoms with Gasteiger partial charge >= 0.3 is 6.61 Å². The largest absolute Gasteiger partial charge is 0.435 e. The summed E-state index contributed by atoms with van der Waals surface area (Å²) in [5.41, 5.74) is 0.877. The first-order valence-electron chi connectivity index (χ1n) is 8.63. The average Bonchev–Trinajstić information content (AvgIpc) is 2.62. The fraction of sp³-hybridized carbons (Fsp3) is 0.368. The number of hydrogen-bond acceptors (Lipinski definition) is 5. The molecule has 1 fully saturated rings. The van der Waals surface area contributed by atoms with Gasteiger partial charge in [-0.1, -0.05) is 0 Å². The molecule has 0 aliphatic carbocycles. The normalized spacial score (nSPS) is 19.8. The van der Waals surface area contributed by atoms with Crippen molar-refractivity contribution in [2.75, 3.05) is 23.3 Å². The van der Waals surface area contributed by atoms with Gasteiger partial charge in [-0.05, 0) is 50.2 Å². The minimum absolute atomic E-state index is 0.0305. The zero-order chi connectivity index (χ0) is 19.4. The number of halogens is 2. The third kappa shape index (κ3) is 5.13. The summed E-state index contributed by atoms with van der Waals surface area (Å²) in [7, 11) is 0. The minimum Gasteiger partial charge on any atom is -0.435 e. The van der Waals surface area contributed by atoms with Crippen molar-refractivity contribution < 1.29 is 23.0 Å². The van der Waals surface area contributed by atoms with Gasteiger partial charge < -0.3 is 19.7 Å². The van der Waals surface area contributed by atoms with Gasteiger partial charge in [-0.15, -0.1) is 0 Å². The molecule has 144 valence electrons. The van der Waals surface area contributed by atoms with Crippen LogP contribution in [0.2, 0.25) is 0 Å². The number of nitrogens with one attached hydrogen (secondary N) is 1. The average molecular weight is 377 g/mol. The van der Waals surface area contributed by atoms with Crippen molar-refractivity contribution in [1.29, 1.82) is 0 Å². The van der Waals surface area contributed by atoms with Gasteiger partial charge in [0.15, 0.2) is 0 Å². The van der Waals surface area contributed by atoms with E-state index >= 15 is 0 Å². The van der Waals surface area contributed by atoms with Crippen LogP contribution in [0, 0.1) is 0 Å².